The van der Waals surface area contributed by atoms with Gasteiger partial charge in [0.1, 0.15) is 11.0 Å². The lowest BCUT2D eigenvalue weighted by atomic mass is 10.1. The van der Waals surface area contributed by atoms with E-state index in [9.17, 15) is 9.59 Å². The van der Waals surface area contributed by atoms with Gasteiger partial charge in [-0.3, -0.25) is 14.9 Å². The summed E-state index contributed by atoms with van der Waals surface area (Å²) in [4.78, 5) is 26.7. The summed E-state index contributed by atoms with van der Waals surface area (Å²) in [7, 11) is 0. The molecule has 1 saturated heterocycles. The number of halogens is 1. The Morgan fingerprint density at radius 2 is 2.19 bits per heavy atom. The van der Waals surface area contributed by atoms with E-state index in [2.05, 4.69) is 31.4 Å². The number of amides is 2. The average Bonchev–Trinajstić information content (AvgIpc) is 3.23. The predicted molar refractivity (Wildman–Crippen MR) is 106 cm³/mol. The van der Waals surface area contributed by atoms with Gasteiger partial charge in [-0.15, -0.1) is 10.2 Å². The number of benzene rings is 1. The van der Waals surface area contributed by atoms with Crippen LogP contribution in [0.25, 0.3) is 10.6 Å². The first-order valence-electron chi connectivity index (χ1n) is 8.64. The average molecular weight is 437 g/mol. The molecule has 1 aromatic heterocycles. The van der Waals surface area contributed by atoms with Crippen molar-refractivity contribution in [1.29, 1.82) is 0 Å². The van der Waals surface area contributed by atoms with Crippen LogP contribution in [-0.2, 0) is 9.59 Å². The van der Waals surface area contributed by atoms with Crippen molar-refractivity contribution in [2.75, 3.05) is 11.9 Å². The van der Waals surface area contributed by atoms with E-state index in [1.165, 1.54) is 11.3 Å². The number of aromatic nitrogens is 2. The molecule has 26 heavy (non-hydrogen) atoms. The Morgan fingerprint density at radius 3 is 2.92 bits per heavy atom. The highest BCUT2D eigenvalue weighted by Gasteiger charge is 2.34. The van der Waals surface area contributed by atoms with E-state index in [1.54, 1.807) is 4.90 Å². The second kappa shape index (κ2) is 8.26. The third kappa shape index (κ3) is 4.48. The Labute approximate surface area is 165 Å². The van der Waals surface area contributed by atoms with Crippen LogP contribution in [0, 0.1) is 5.92 Å². The van der Waals surface area contributed by atoms with Gasteiger partial charge < -0.3 is 4.90 Å². The summed E-state index contributed by atoms with van der Waals surface area (Å²) in [6.45, 7) is 4.66. The number of likely N-dealkylation sites (tertiary alicyclic amines) is 1. The van der Waals surface area contributed by atoms with Gasteiger partial charge >= 0.3 is 0 Å². The van der Waals surface area contributed by atoms with Gasteiger partial charge in [-0.2, -0.15) is 0 Å². The van der Waals surface area contributed by atoms with E-state index in [0.717, 1.165) is 21.5 Å². The van der Waals surface area contributed by atoms with Gasteiger partial charge in [0.15, 0.2) is 0 Å². The Bertz CT molecular complexity index is 808. The fourth-order valence-electron chi connectivity index (χ4n) is 3.00. The van der Waals surface area contributed by atoms with Crippen molar-refractivity contribution in [3.8, 4) is 10.6 Å². The molecule has 0 saturated carbocycles. The maximum atomic E-state index is 12.6. The summed E-state index contributed by atoms with van der Waals surface area (Å²) in [5.41, 5.74) is 0.937. The molecule has 3 rings (SSSR count). The lowest BCUT2D eigenvalue weighted by Crippen LogP contribution is -2.43. The van der Waals surface area contributed by atoms with Crippen LogP contribution in [0.2, 0.25) is 0 Å². The van der Waals surface area contributed by atoms with Crippen molar-refractivity contribution in [1.82, 2.24) is 15.1 Å². The highest BCUT2D eigenvalue weighted by Crippen LogP contribution is 2.29. The maximum absolute atomic E-state index is 12.6. The molecular weight excluding hydrogens is 416 g/mol. The number of hydrogen-bond acceptors (Lipinski definition) is 5. The van der Waals surface area contributed by atoms with E-state index in [1.807, 2.05) is 38.1 Å². The molecule has 0 aliphatic carbocycles. The van der Waals surface area contributed by atoms with Crippen LogP contribution in [0.1, 0.15) is 33.1 Å². The van der Waals surface area contributed by atoms with E-state index in [4.69, 9.17) is 0 Å². The zero-order chi connectivity index (χ0) is 18.7. The minimum atomic E-state index is -0.417. The zero-order valence-electron chi connectivity index (χ0n) is 14.7. The van der Waals surface area contributed by atoms with Crippen LogP contribution < -0.4 is 5.32 Å². The van der Waals surface area contributed by atoms with Crippen molar-refractivity contribution in [2.24, 2.45) is 5.92 Å². The summed E-state index contributed by atoms with van der Waals surface area (Å²) in [6.07, 6.45) is 2.00. The van der Waals surface area contributed by atoms with Gasteiger partial charge in [-0.05, 0) is 30.9 Å². The number of carbonyl (C=O) groups excluding carboxylic acids is 2. The number of hydrogen-bond donors (Lipinski definition) is 1. The maximum Gasteiger partial charge on any atom is 0.249 e. The monoisotopic (exact) mass is 436 g/mol. The third-order valence-corrected chi connectivity index (χ3v) is 5.57. The van der Waals surface area contributed by atoms with Crippen molar-refractivity contribution in [3.63, 3.8) is 0 Å². The zero-order valence-corrected chi connectivity index (χ0v) is 17.1. The lowest BCUT2D eigenvalue weighted by Gasteiger charge is -2.24. The quantitative estimate of drug-likeness (QED) is 0.769. The molecule has 0 radical (unpaired) electrons. The summed E-state index contributed by atoms with van der Waals surface area (Å²) in [6, 6.07) is 7.35. The van der Waals surface area contributed by atoms with Crippen LogP contribution in [0.15, 0.2) is 28.7 Å². The topological polar surface area (TPSA) is 75.2 Å². The Kier molecular flexibility index (Phi) is 6.03. The van der Waals surface area contributed by atoms with Gasteiger partial charge in [0.05, 0.1) is 0 Å². The molecule has 138 valence electrons. The smallest absolute Gasteiger partial charge is 0.249 e. The molecule has 2 heterocycles. The fraction of sp³-hybridized carbons (Fsp3) is 0.444. The number of anilines is 1. The van der Waals surface area contributed by atoms with E-state index < -0.39 is 6.04 Å². The van der Waals surface area contributed by atoms with Crippen molar-refractivity contribution < 1.29 is 9.59 Å². The second-order valence-electron chi connectivity index (χ2n) is 6.76. The third-order valence-electron chi connectivity index (χ3n) is 4.19. The molecule has 1 fully saturated rings. The summed E-state index contributed by atoms with van der Waals surface area (Å²) < 4.78 is 0.959. The molecule has 0 bridgehead atoms. The SMILES string of the molecule is CC(C)CC(=O)N1CCCC1C(=O)Nc1nnc(-c2cccc(Br)c2)s1. The molecule has 8 heteroatoms. The normalized spacial score (nSPS) is 16.9. The second-order valence-corrected chi connectivity index (χ2v) is 8.65. The number of nitrogens with zero attached hydrogens (tertiary/aromatic N) is 3. The molecule has 1 unspecified atom stereocenters. The van der Waals surface area contributed by atoms with E-state index in [0.29, 0.717) is 24.5 Å². The van der Waals surface area contributed by atoms with Crippen molar-refractivity contribution >= 4 is 44.2 Å². The molecule has 1 N–H and O–H groups in total. The number of carbonyl (C=O) groups is 2. The van der Waals surface area contributed by atoms with Gasteiger partial charge in [0.25, 0.3) is 0 Å². The van der Waals surface area contributed by atoms with Crippen LogP contribution in [0.4, 0.5) is 5.13 Å². The predicted octanol–water partition coefficient (Wildman–Crippen LogP) is 3.94. The van der Waals surface area contributed by atoms with Crippen LogP contribution >= 0.6 is 27.3 Å². The molecule has 2 aromatic rings. The molecular formula is C18H21BrN4O2S. The first kappa shape index (κ1) is 19.0. The van der Waals surface area contributed by atoms with Gasteiger partial charge in [0.2, 0.25) is 16.9 Å². The molecule has 1 aliphatic rings. The van der Waals surface area contributed by atoms with Crippen LogP contribution in [0.3, 0.4) is 0 Å². The lowest BCUT2D eigenvalue weighted by molar-refractivity contribution is -0.137. The first-order valence-corrected chi connectivity index (χ1v) is 10.2. The van der Waals surface area contributed by atoms with E-state index in [-0.39, 0.29) is 17.7 Å². The molecule has 6 nitrogen and oxygen atoms in total. The Balaban J connectivity index is 1.67. The van der Waals surface area contributed by atoms with Gasteiger partial charge in [0, 0.05) is 23.0 Å². The highest BCUT2D eigenvalue weighted by atomic mass is 79.9. The Hall–Kier alpha value is -1.80. The molecule has 1 atom stereocenters. The summed E-state index contributed by atoms with van der Waals surface area (Å²) in [5.74, 6) is 0.143. The number of nitrogens with one attached hydrogen (secondary N) is 1. The van der Waals surface area contributed by atoms with Gasteiger partial charge in [-0.1, -0.05) is 53.2 Å². The largest absolute Gasteiger partial charge is 0.331 e. The minimum absolute atomic E-state index is 0.0461. The molecule has 2 amide bonds. The highest BCUT2D eigenvalue weighted by molar-refractivity contribution is 9.10. The van der Waals surface area contributed by atoms with Crippen molar-refractivity contribution in [2.45, 2.75) is 39.2 Å². The first-order chi connectivity index (χ1) is 12.4. The summed E-state index contributed by atoms with van der Waals surface area (Å²) >= 11 is 4.76. The van der Waals surface area contributed by atoms with Gasteiger partial charge in [-0.25, -0.2) is 0 Å². The molecule has 0 spiro atoms. The standard InChI is InChI=1S/C18H21BrN4O2S/c1-11(2)9-15(24)23-8-4-7-14(23)16(25)20-18-22-21-17(26-18)12-5-3-6-13(19)10-12/h3,5-6,10-11,14H,4,7-9H2,1-2H3,(H,20,22,25). The van der Waals surface area contributed by atoms with E-state index >= 15 is 0 Å². The van der Waals surface area contributed by atoms with Crippen LogP contribution in [0.5, 0.6) is 0 Å². The van der Waals surface area contributed by atoms with Crippen molar-refractivity contribution in [3.05, 3.63) is 28.7 Å². The fourth-order valence-corrected chi connectivity index (χ4v) is 4.15. The summed E-state index contributed by atoms with van der Waals surface area (Å²) in [5, 5.41) is 12.2. The molecule has 1 aliphatic heterocycles. The molecule has 1 aromatic carbocycles. The van der Waals surface area contributed by atoms with Crippen LogP contribution in [-0.4, -0.2) is 39.5 Å². The minimum Gasteiger partial charge on any atom is -0.331 e. The number of rotatable bonds is 5. The Morgan fingerprint density at radius 1 is 1.38 bits per heavy atom.